The van der Waals surface area contributed by atoms with E-state index in [2.05, 4.69) is 16.0 Å². The zero-order chi connectivity index (χ0) is 28.4. The number of benzene rings is 1. The van der Waals surface area contributed by atoms with E-state index in [1.165, 1.54) is 11.2 Å². The number of β-amino-alcohol motifs (C(OH)–C–C–N with tert-alkyl or cyclic N) is 1. The predicted octanol–water partition coefficient (Wildman–Crippen LogP) is 4.14. The molecule has 1 amide bonds. The molecule has 1 aliphatic carbocycles. The van der Waals surface area contributed by atoms with Gasteiger partial charge in [-0.2, -0.15) is 0 Å². The molecule has 1 aromatic carbocycles. The number of aliphatic hydroxyl groups excluding tert-OH is 2. The van der Waals surface area contributed by atoms with Crippen molar-refractivity contribution in [3.63, 3.8) is 0 Å². The highest BCUT2D eigenvalue weighted by atomic mass is 16.6. The number of allylic oxidation sites excluding steroid dienone is 4. The van der Waals surface area contributed by atoms with Gasteiger partial charge in [-0.1, -0.05) is 18.2 Å². The van der Waals surface area contributed by atoms with Gasteiger partial charge in [0.15, 0.2) is 12.0 Å². The standard InChI is InChI=1S/C31H35N3O7/c1-38-23-7-8-26-25(15-23)24(9-12-32-26)27(36)17-33-13-11-31(22(16-33)10-14-35)20-34(30(37)41-31)29-19-39-18-28(40-29)21-5-3-2-4-6-21/h2-3,5,7-9,12,15,18-19,22,27,35-36H,4,6,10-11,13-14,16-17,20H2,1H3/t22-,27-,31+/m0/s1. The zero-order valence-corrected chi connectivity index (χ0v) is 23.1. The van der Waals surface area contributed by atoms with Gasteiger partial charge in [0.05, 0.1) is 25.3 Å². The molecular formula is C31H35N3O7. The van der Waals surface area contributed by atoms with E-state index in [0.717, 1.165) is 34.9 Å². The van der Waals surface area contributed by atoms with Crippen molar-refractivity contribution in [1.82, 2.24) is 14.8 Å². The molecule has 216 valence electrons. The van der Waals surface area contributed by atoms with E-state index < -0.39 is 17.8 Å². The lowest BCUT2D eigenvalue weighted by Crippen LogP contribution is -2.55. The van der Waals surface area contributed by atoms with Crippen LogP contribution in [0.1, 0.15) is 37.4 Å². The summed E-state index contributed by atoms with van der Waals surface area (Å²) < 4.78 is 23.1. The van der Waals surface area contributed by atoms with Crippen LogP contribution < -0.4 is 4.74 Å². The number of ether oxygens (including phenoxy) is 4. The summed E-state index contributed by atoms with van der Waals surface area (Å²) in [5.74, 6) is 1.44. The summed E-state index contributed by atoms with van der Waals surface area (Å²) in [6.07, 6.45) is 12.2. The monoisotopic (exact) mass is 561 g/mol. The summed E-state index contributed by atoms with van der Waals surface area (Å²) in [7, 11) is 1.61. The van der Waals surface area contributed by atoms with Gasteiger partial charge < -0.3 is 29.2 Å². The molecule has 6 rings (SSSR count). The smallest absolute Gasteiger partial charge is 0.417 e. The number of aromatic nitrogens is 1. The van der Waals surface area contributed by atoms with Gasteiger partial charge in [-0.15, -0.1) is 0 Å². The van der Waals surface area contributed by atoms with Crippen LogP contribution in [0, 0.1) is 5.92 Å². The van der Waals surface area contributed by atoms with Gasteiger partial charge in [-0.3, -0.25) is 9.88 Å². The van der Waals surface area contributed by atoms with Crippen molar-refractivity contribution in [3.05, 3.63) is 84.0 Å². The average Bonchev–Trinajstić information content (AvgIpc) is 3.35. The van der Waals surface area contributed by atoms with E-state index in [0.29, 0.717) is 56.4 Å². The first-order valence-corrected chi connectivity index (χ1v) is 14.0. The maximum absolute atomic E-state index is 13.2. The molecule has 1 aromatic heterocycles. The zero-order valence-electron chi connectivity index (χ0n) is 23.1. The molecule has 2 N–H and O–H groups in total. The Morgan fingerprint density at radius 2 is 2.17 bits per heavy atom. The molecule has 1 spiro atoms. The van der Waals surface area contributed by atoms with Crippen LogP contribution >= 0.6 is 0 Å². The molecule has 0 saturated carbocycles. The number of rotatable bonds is 8. The van der Waals surface area contributed by atoms with Crippen LogP contribution in [0.3, 0.4) is 0 Å². The van der Waals surface area contributed by atoms with Crippen LogP contribution in [0.2, 0.25) is 0 Å². The molecule has 0 bridgehead atoms. The summed E-state index contributed by atoms with van der Waals surface area (Å²) in [4.78, 5) is 21.2. The van der Waals surface area contributed by atoms with Crippen LogP contribution in [0.25, 0.3) is 10.9 Å². The third-order valence-corrected chi connectivity index (χ3v) is 8.42. The first-order chi connectivity index (χ1) is 20.0. The number of nitrogens with zero attached hydrogens (tertiary/aromatic N) is 3. The number of carbonyl (C=O) groups is 1. The second kappa shape index (κ2) is 11.6. The van der Waals surface area contributed by atoms with Crippen molar-refractivity contribution in [2.24, 2.45) is 5.92 Å². The van der Waals surface area contributed by atoms with Crippen molar-refractivity contribution in [3.8, 4) is 5.75 Å². The maximum Gasteiger partial charge on any atom is 0.417 e. The Kier molecular flexibility index (Phi) is 7.70. The number of piperidine rings is 1. The number of methoxy groups -OCH3 is 1. The SMILES string of the molecule is COc1ccc2nccc([C@@H](O)CN3CC[C@@]4(CN(C5=COC=C(C6=CC=CCC6)O5)C(=O)O4)[C@@H](CCO)C3)c2c1. The summed E-state index contributed by atoms with van der Waals surface area (Å²) >= 11 is 0. The van der Waals surface area contributed by atoms with E-state index in [9.17, 15) is 15.0 Å². The Morgan fingerprint density at radius 3 is 2.98 bits per heavy atom. The fraction of sp³-hybridized carbons (Fsp3) is 0.419. The Labute approximate surface area is 238 Å². The van der Waals surface area contributed by atoms with E-state index in [1.807, 2.05) is 36.4 Å². The van der Waals surface area contributed by atoms with E-state index in [4.69, 9.17) is 18.9 Å². The number of hydrogen-bond acceptors (Lipinski definition) is 9. The molecule has 0 radical (unpaired) electrons. The van der Waals surface area contributed by atoms with Gasteiger partial charge >= 0.3 is 6.09 Å². The molecule has 2 saturated heterocycles. The van der Waals surface area contributed by atoms with Gasteiger partial charge in [-0.25, -0.2) is 9.69 Å². The predicted molar refractivity (Wildman–Crippen MR) is 150 cm³/mol. The van der Waals surface area contributed by atoms with Crippen LogP contribution in [-0.2, 0) is 14.2 Å². The van der Waals surface area contributed by atoms with Gasteiger partial charge in [0, 0.05) is 50.2 Å². The minimum atomic E-state index is -0.781. The molecule has 3 atom stereocenters. The van der Waals surface area contributed by atoms with E-state index >= 15 is 0 Å². The third-order valence-electron chi connectivity index (χ3n) is 8.42. The fourth-order valence-electron chi connectivity index (χ4n) is 6.19. The molecular weight excluding hydrogens is 526 g/mol. The highest BCUT2D eigenvalue weighted by Crippen LogP contribution is 2.42. The summed E-state index contributed by atoms with van der Waals surface area (Å²) in [5, 5.41) is 22.1. The molecule has 4 heterocycles. The highest BCUT2D eigenvalue weighted by molar-refractivity contribution is 5.83. The van der Waals surface area contributed by atoms with Crippen LogP contribution in [0.15, 0.2) is 78.4 Å². The Balaban J connectivity index is 1.15. The van der Waals surface area contributed by atoms with Crippen LogP contribution in [0.4, 0.5) is 4.79 Å². The summed E-state index contributed by atoms with van der Waals surface area (Å²) in [6.45, 7) is 1.83. The Morgan fingerprint density at radius 1 is 1.27 bits per heavy atom. The van der Waals surface area contributed by atoms with E-state index in [1.54, 1.807) is 19.6 Å². The number of fused-ring (bicyclic) bond motifs is 1. The number of amides is 1. The van der Waals surface area contributed by atoms with Crippen LogP contribution in [0.5, 0.6) is 5.75 Å². The minimum absolute atomic E-state index is 0.0357. The van der Waals surface area contributed by atoms with Crippen molar-refractivity contribution in [1.29, 1.82) is 0 Å². The largest absolute Gasteiger partial charge is 0.497 e. The molecule has 2 aromatic rings. The Bertz CT molecular complexity index is 1430. The van der Waals surface area contributed by atoms with Crippen molar-refractivity contribution < 1.29 is 34.0 Å². The number of carbonyl (C=O) groups excluding carboxylic acids is 1. The Hall–Kier alpha value is -3.86. The van der Waals surface area contributed by atoms with Gasteiger partial charge in [0.2, 0.25) is 5.88 Å². The molecule has 3 aliphatic heterocycles. The molecule has 10 nitrogen and oxygen atoms in total. The van der Waals surface area contributed by atoms with Gasteiger partial charge in [0.25, 0.3) is 0 Å². The molecule has 41 heavy (non-hydrogen) atoms. The summed E-state index contributed by atoms with van der Waals surface area (Å²) in [5.41, 5.74) is 1.79. The van der Waals surface area contributed by atoms with Crippen molar-refractivity contribution >= 4 is 17.0 Å². The second-order valence-corrected chi connectivity index (χ2v) is 10.9. The number of pyridine rings is 1. The highest BCUT2D eigenvalue weighted by Gasteiger charge is 2.54. The lowest BCUT2D eigenvalue weighted by atomic mass is 9.78. The maximum atomic E-state index is 13.2. The van der Waals surface area contributed by atoms with Crippen molar-refractivity contribution in [2.45, 2.75) is 37.4 Å². The first-order valence-electron chi connectivity index (χ1n) is 14.0. The normalized spacial score (nSPS) is 25.2. The van der Waals surface area contributed by atoms with Crippen LogP contribution in [-0.4, -0.2) is 76.6 Å². The average molecular weight is 562 g/mol. The fourth-order valence-corrected chi connectivity index (χ4v) is 6.19. The molecule has 0 unspecified atom stereocenters. The number of hydrogen-bond donors (Lipinski definition) is 2. The lowest BCUT2D eigenvalue weighted by molar-refractivity contribution is -0.0631. The van der Waals surface area contributed by atoms with E-state index in [-0.39, 0.29) is 12.5 Å². The molecule has 2 fully saturated rings. The number of aliphatic hydroxyl groups is 2. The van der Waals surface area contributed by atoms with Gasteiger partial charge in [0.1, 0.15) is 17.6 Å². The summed E-state index contributed by atoms with van der Waals surface area (Å²) in [6, 6.07) is 7.46. The first kappa shape index (κ1) is 27.3. The van der Waals surface area contributed by atoms with Gasteiger partial charge in [-0.05, 0) is 54.7 Å². The number of likely N-dealkylation sites (tertiary alicyclic amines) is 1. The minimum Gasteiger partial charge on any atom is -0.497 e. The van der Waals surface area contributed by atoms with Crippen molar-refractivity contribution in [2.75, 3.05) is 39.9 Å². The molecule has 10 heteroatoms. The third kappa shape index (κ3) is 5.42. The quantitative estimate of drug-likeness (QED) is 0.491. The lowest BCUT2D eigenvalue weighted by Gasteiger charge is -2.44. The molecule has 4 aliphatic rings. The topological polar surface area (TPSA) is 114 Å². The second-order valence-electron chi connectivity index (χ2n) is 10.9.